The van der Waals surface area contributed by atoms with Crippen molar-refractivity contribution in [1.82, 2.24) is 24.6 Å². The first-order valence-corrected chi connectivity index (χ1v) is 11.7. The highest BCUT2D eigenvalue weighted by Crippen LogP contribution is 2.22. The van der Waals surface area contributed by atoms with Crippen molar-refractivity contribution in [2.75, 3.05) is 26.2 Å². The van der Waals surface area contributed by atoms with Crippen LogP contribution >= 0.6 is 0 Å². The molecule has 0 saturated carbocycles. The fraction of sp³-hybridized carbons (Fsp3) is 0.385. The molecule has 7 heteroatoms. The van der Waals surface area contributed by atoms with E-state index in [-0.39, 0.29) is 17.7 Å². The van der Waals surface area contributed by atoms with E-state index in [9.17, 15) is 9.59 Å². The molecule has 0 aliphatic carbocycles. The van der Waals surface area contributed by atoms with Crippen LogP contribution < -0.4 is 0 Å². The number of carbonyl (C=O) groups is 2. The number of nitrogens with zero attached hydrogens (tertiary/aromatic N) is 5. The molecule has 1 atom stereocenters. The summed E-state index contributed by atoms with van der Waals surface area (Å²) in [6, 6.07) is 14.2. The van der Waals surface area contributed by atoms with E-state index in [1.165, 1.54) is 0 Å². The number of pyridine rings is 1. The van der Waals surface area contributed by atoms with Gasteiger partial charge in [-0.2, -0.15) is 5.10 Å². The molecule has 0 N–H and O–H groups in total. The van der Waals surface area contributed by atoms with Crippen LogP contribution in [-0.4, -0.2) is 62.6 Å². The summed E-state index contributed by atoms with van der Waals surface area (Å²) in [5.74, 6) is -0.00778. The van der Waals surface area contributed by atoms with Crippen LogP contribution in [0.2, 0.25) is 0 Å². The van der Waals surface area contributed by atoms with Gasteiger partial charge >= 0.3 is 0 Å². The summed E-state index contributed by atoms with van der Waals surface area (Å²) in [6.45, 7) is 5.00. The van der Waals surface area contributed by atoms with Crippen LogP contribution in [0, 0.1) is 5.92 Å². The molecule has 2 amide bonds. The second kappa shape index (κ2) is 10.9. The molecular formula is C26H31N5O2. The fourth-order valence-electron chi connectivity index (χ4n) is 4.38. The SMILES string of the molecule is CCCN1CCN(C(=O)CCn2cccn2)C[C@@H](Cc2ccc(-c3ccncc3)cc2)C1=O. The van der Waals surface area contributed by atoms with Gasteiger partial charge in [0.2, 0.25) is 11.8 Å². The third-order valence-corrected chi connectivity index (χ3v) is 6.15. The van der Waals surface area contributed by atoms with E-state index in [1.807, 2.05) is 34.2 Å². The third kappa shape index (κ3) is 5.86. The molecule has 1 fully saturated rings. The third-order valence-electron chi connectivity index (χ3n) is 6.15. The second-order valence-electron chi connectivity index (χ2n) is 8.52. The van der Waals surface area contributed by atoms with E-state index in [0.29, 0.717) is 39.0 Å². The molecule has 1 aliphatic rings. The zero-order valence-electron chi connectivity index (χ0n) is 19.1. The van der Waals surface area contributed by atoms with Gasteiger partial charge in [0.15, 0.2) is 0 Å². The molecule has 33 heavy (non-hydrogen) atoms. The highest BCUT2D eigenvalue weighted by Gasteiger charge is 2.31. The number of aryl methyl sites for hydroxylation is 1. The van der Waals surface area contributed by atoms with Crippen molar-refractivity contribution in [3.8, 4) is 11.1 Å². The Balaban J connectivity index is 1.46. The van der Waals surface area contributed by atoms with Crippen molar-refractivity contribution in [1.29, 1.82) is 0 Å². The molecule has 3 heterocycles. The van der Waals surface area contributed by atoms with Gasteiger partial charge in [-0.3, -0.25) is 19.3 Å². The number of benzene rings is 1. The van der Waals surface area contributed by atoms with Crippen molar-refractivity contribution in [2.24, 2.45) is 5.92 Å². The molecule has 3 aromatic rings. The maximum Gasteiger partial charge on any atom is 0.227 e. The summed E-state index contributed by atoms with van der Waals surface area (Å²) in [6.07, 6.45) is 9.07. The molecule has 0 bridgehead atoms. The van der Waals surface area contributed by atoms with Gasteiger partial charge in [0.25, 0.3) is 0 Å². The van der Waals surface area contributed by atoms with E-state index < -0.39 is 0 Å². The van der Waals surface area contributed by atoms with Crippen LogP contribution in [0.3, 0.4) is 0 Å². The molecule has 172 valence electrons. The lowest BCUT2D eigenvalue weighted by Gasteiger charge is -2.24. The predicted octanol–water partition coefficient (Wildman–Crippen LogP) is 3.27. The van der Waals surface area contributed by atoms with Crippen LogP contribution in [0.15, 0.2) is 67.3 Å². The highest BCUT2D eigenvalue weighted by molar-refractivity contribution is 5.82. The molecule has 0 radical (unpaired) electrons. The Morgan fingerprint density at radius 1 is 1.00 bits per heavy atom. The maximum absolute atomic E-state index is 13.3. The normalized spacial score (nSPS) is 16.6. The van der Waals surface area contributed by atoms with Crippen LogP contribution in [0.4, 0.5) is 0 Å². The Morgan fingerprint density at radius 2 is 1.76 bits per heavy atom. The van der Waals surface area contributed by atoms with Gasteiger partial charge in [0, 0.05) is 63.9 Å². The van der Waals surface area contributed by atoms with E-state index in [0.717, 1.165) is 29.7 Å². The topological polar surface area (TPSA) is 71.3 Å². The Bertz CT molecular complexity index is 1030. The zero-order chi connectivity index (χ0) is 23.0. The summed E-state index contributed by atoms with van der Waals surface area (Å²) in [5, 5.41) is 4.18. The number of carbonyl (C=O) groups excluding carboxylic acids is 2. The Kier molecular flexibility index (Phi) is 7.50. The molecule has 1 aliphatic heterocycles. The Hall–Kier alpha value is -3.48. The molecular weight excluding hydrogens is 414 g/mol. The first kappa shape index (κ1) is 22.7. The number of hydrogen-bond donors (Lipinski definition) is 0. The maximum atomic E-state index is 13.3. The summed E-state index contributed by atoms with van der Waals surface area (Å²) >= 11 is 0. The molecule has 2 aromatic heterocycles. The predicted molar refractivity (Wildman–Crippen MR) is 127 cm³/mol. The van der Waals surface area contributed by atoms with E-state index in [2.05, 4.69) is 41.3 Å². The van der Waals surface area contributed by atoms with Gasteiger partial charge in [0.05, 0.1) is 5.92 Å². The minimum atomic E-state index is -0.237. The Morgan fingerprint density at radius 3 is 2.45 bits per heavy atom. The van der Waals surface area contributed by atoms with Crippen LogP contribution in [-0.2, 0) is 22.6 Å². The summed E-state index contributed by atoms with van der Waals surface area (Å²) in [7, 11) is 0. The van der Waals surface area contributed by atoms with E-state index in [4.69, 9.17) is 0 Å². The van der Waals surface area contributed by atoms with Gasteiger partial charge in [-0.1, -0.05) is 31.2 Å². The number of hydrogen-bond acceptors (Lipinski definition) is 4. The molecule has 1 saturated heterocycles. The van der Waals surface area contributed by atoms with Crippen molar-refractivity contribution in [3.05, 3.63) is 72.8 Å². The van der Waals surface area contributed by atoms with Crippen LogP contribution in [0.25, 0.3) is 11.1 Å². The van der Waals surface area contributed by atoms with Gasteiger partial charge in [-0.25, -0.2) is 0 Å². The van der Waals surface area contributed by atoms with Gasteiger partial charge in [0.1, 0.15) is 0 Å². The smallest absolute Gasteiger partial charge is 0.227 e. The average molecular weight is 446 g/mol. The first-order chi connectivity index (χ1) is 16.1. The first-order valence-electron chi connectivity index (χ1n) is 11.7. The molecule has 4 rings (SSSR count). The largest absolute Gasteiger partial charge is 0.341 e. The molecule has 0 spiro atoms. The van der Waals surface area contributed by atoms with Gasteiger partial charge in [-0.15, -0.1) is 0 Å². The highest BCUT2D eigenvalue weighted by atomic mass is 16.2. The fourth-order valence-corrected chi connectivity index (χ4v) is 4.38. The average Bonchev–Trinajstić information content (AvgIpc) is 3.33. The standard InChI is InChI=1S/C26H31N5O2/c1-2-14-29-17-18-30(25(32)10-16-31-15-3-11-28-31)20-24(26(29)33)19-21-4-6-22(7-5-21)23-8-12-27-13-9-23/h3-9,11-13,15,24H,2,10,14,16-20H2,1H3/t24-/m1/s1. The van der Waals surface area contributed by atoms with Crippen LogP contribution in [0.5, 0.6) is 0 Å². The minimum absolute atomic E-state index is 0.0784. The monoisotopic (exact) mass is 445 g/mol. The summed E-state index contributed by atoms with van der Waals surface area (Å²) in [5.41, 5.74) is 3.34. The second-order valence-corrected chi connectivity index (χ2v) is 8.52. The number of rotatable bonds is 8. The summed E-state index contributed by atoms with van der Waals surface area (Å²) < 4.78 is 1.77. The molecule has 1 aromatic carbocycles. The molecule has 7 nitrogen and oxygen atoms in total. The quantitative estimate of drug-likeness (QED) is 0.534. The molecule has 0 unspecified atom stereocenters. The zero-order valence-corrected chi connectivity index (χ0v) is 19.1. The van der Waals surface area contributed by atoms with E-state index in [1.54, 1.807) is 23.3 Å². The number of aromatic nitrogens is 3. The lowest BCUT2D eigenvalue weighted by Crippen LogP contribution is -2.38. The van der Waals surface area contributed by atoms with Gasteiger partial charge < -0.3 is 9.80 Å². The van der Waals surface area contributed by atoms with Crippen LogP contribution in [0.1, 0.15) is 25.3 Å². The lowest BCUT2D eigenvalue weighted by molar-refractivity contribution is -0.135. The Labute approximate surface area is 195 Å². The summed E-state index contributed by atoms with van der Waals surface area (Å²) in [4.78, 5) is 34.1. The van der Waals surface area contributed by atoms with Crippen molar-refractivity contribution < 1.29 is 9.59 Å². The van der Waals surface area contributed by atoms with Crippen molar-refractivity contribution in [3.63, 3.8) is 0 Å². The lowest BCUT2D eigenvalue weighted by atomic mass is 9.95. The minimum Gasteiger partial charge on any atom is -0.341 e. The van der Waals surface area contributed by atoms with Crippen molar-refractivity contribution >= 4 is 11.8 Å². The number of amides is 2. The van der Waals surface area contributed by atoms with Crippen molar-refractivity contribution in [2.45, 2.75) is 32.7 Å². The van der Waals surface area contributed by atoms with E-state index >= 15 is 0 Å². The van der Waals surface area contributed by atoms with Gasteiger partial charge in [-0.05, 0) is 47.7 Å².